The van der Waals surface area contributed by atoms with Crippen molar-refractivity contribution in [1.29, 1.82) is 0 Å². The van der Waals surface area contributed by atoms with Gasteiger partial charge in [0.2, 0.25) is 0 Å². The summed E-state index contributed by atoms with van der Waals surface area (Å²) < 4.78 is 5.74. The number of nitrogens with one attached hydrogen (secondary N) is 2. The van der Waals surface area contributed by atoms with Gasteiger partial charge in [-0.15, -0.1) is 0 Å². The Hall–Kier alpha value is -2.82. The van der Waals surface area contributed by atoms with Crippen molar-refractivity contribution in [2.24, 2.45) is 0 Å². The molecule has 0 unspecified atom stereocenters. The minimum atomic E-state index is 0.169. The fourth-order valence-corrected chi connectivity index (χ4v) is 3.36. The Morgan fingerprint density at radius 1 is 1.08 bits per heavy atom. The zero-order chi connectivity index (χ0) is 17.6. The monoisotopic (exact) mass is 334 g/mol. The van der Waals surface area contributed by atoms with Gasteiger partial charge in [-0.3, -0.25) is 10.2 Å². The summed E-state index contributed by atoms with van der Waals surface area (Å²) in [6, 6.07) is 8.16. The first kappa shape index (κ1) is 15.7. The summed E-state index contributed by atoms with van der Waals surface area (Å²) in [4.78, 5) is 9.17. The van der Waals surface area contributed by atoms with Crippen LogP contribution in [0.5, 0.6) is 5.75 Å². The normalized spacial score (nSPS) is 11.7. The summed E-state index contributed by atoms with van der Waals surface area (Å²) in [7, 11) is 0. The van der Waals surface area contributed by atoms with E-state index in [1.807, 2.05) is 39.1 Å². The lowest BCUT2D eigenvalue weighted by Gasteiger charge is -2.10. The Morgan fingerprint density at radius 2 is 1.84 bits per heavy atom. The predicted octanol–water partition coefficient (Wildman–Crippen LogP) is 4.76. The topological polar surface area (TPSA) is 66.6 Å². The van der Waals surface area contributed by atoms with Gasteiger partial charge in [-0.05, 0) is 57.0 Å². The van der Waals surface area contributed by atoms with Crippen LogP contribution in [-0.2, 0) is 6.42 Å². The van der Waals surface area contributed by atoms with Crippen molar-refractivity contribution in [3.8, 4) is 17.0 Å². The third-order valence-corrected chi connectivity index (χ3v) is 4.48. The molecule has 1 aromatic carbocycles. The molecule has 0 saturated carbocycles. The SMILES string of the molecule is CCc1cnc2nc(C)c3c(-c4ccc(OC(C)C)cc4)[nH][nH]c3c12. The first-order valence-electron chi connectivity index (χ1n) is 8.69. The van der Waals surface area contributed by atoms with Gasteiger partial charge >= 0.3 is 0 Å². The largest absolute Gasteiger partial charge is 0.491 e. The molecule has 0 aliphatic rings. The number of nitrogens with zero attached hydrogens (tertiary/aromatic N) is 2. The molecule has 2 N–H and O–H groups in total. The zero-order valence-corrected chi connectivity index (χ0v) is 15.0. The van der Waals surface area contributed by atoms with Crippen molar-refractivity contribution in [3.05, 3.63) is 41.7 Å². The smallest absolute Gasteiger partial charge is 0.161 e. The molecule has 25 heavy (non-hydrogen) atoms. The Morgan fingerprint density at radius 3 is 2.52 bits per heavy atom. The maximum atomic E-state index is 5.74. The average molecular weight is 334 g/mol. The lowest BCUT2D eigenvalue weighted by atomic mass is 10.0. The first-order chi connectivity index (χ1) is 12.1. The van der Waals surface area contributed by atoms with E-state index in [0.29, 0.717) is 0 Å². The van der Waals surface area contributed by atoms with Gasteiger partial charge in [-0.1, -0.05) is 6.92 Å². The molecular weight excluding hydrogens is 312 g/mol. The van der Waals surface area contributed by atoms with Crippen LogP contribution in [0.3, 0.4) is 0 Å². The fraction of sp³-hybridized carbons (Fsp3) is 0.300. The molecule has 0 fully saturated rings. The van der Waals surface area contributed by atoms with Crippen LogP contribution in [0.15, 0.2) is 30.5 Å². The Labute approximate surface area is 146 Å². The number of aryl methyl sites for hydroxylation is 2. The van der Waals surface area contributed by atoms with Crippen LogP contribution in [-0.4, -0.2) is 26.3 Å². The minimum absolute atomic E-state index is 0.169. The minimum Gasteiger partial charge on any atom is -0.491 e. The molecule has 0 amide bonds. The molecule has 3 heterocycles. The number of H-pyrrole nitrogens is 2. The van der Waals surface area contributed by atoms with Gasteiger partial charge in [0, 0.05) is 22.5 Å². The zero-order valence-electron chi connectivity index (χ0n) is 15.0. The van der Waals surface area contributed by atoms with Gasteiger partial charge in [-0.2, -0.15) is 0 Å². The Balaban J connectivity index is 1.88. The number of rotatable bonds is 4. The predicted molar refractivity (Wildman–Crippen MR) is 101 cm³/mol. The molecule has 4 aromatic rings. The number of benzene rings is 1. The second-order valence-corrected chi connectivity index (χ2v) is 6.60. The third-order valence-electron chi connectivity index (χ3n) is 4.48. The second kappa shape index (κ2) is 5.92. The van der Waals surface area contributed by atoms with Crippen LogP contribution in [0.4, 0.5) is 0 Å². The molecule has 0 saturated heterocycles. The van der Waals surface area contributed by atoms with E-state index < -0.39 is 0 Å². The molecule has 0 bridgehead atoms. The molecule has 0 aliphatic carbocycles. The molecule has 3 aromatic heterocycles. The third kappa shape index (κ3) is 2.56. The van der Waals surface area contributed by atoms with E-state index in [0.717, 1.165) is 51.1 Å². The number of aromatic amines is 2. The average Bonchev–Trinajstić information content (AvgIpc) is 3.19. The summed E-state index contributed by atoms with van der Waals surface area (Å²) in [5, 5.41) is 8.91. The lowest BCUT2D eigenvalue weighted by Crippen LogP contribution is -2.05. The van der Waals surface area contributed by atoms with E-state index >= 15 is 0 Å². The van der Waals surface area contributed by atoms with E-state index in [-0.39, 0.29) is 6.10 Å². The van der Waals surface area contributed by atoms with Gasteiger partial charge < -0.3 is 4.74 Å². The molecule has 5 nitrogen and oxygen atoms in total. The maximum absolute atomic E-state index is 5.74. The van der Waals surface area contributed by atoms with Crippen LogP contribution >= 0.6 is 0 Å². The van der Waals surface area contributed by atoms with E-state index in [1.54, 1.807) is 0 Å². The second-order valence-electron chi connectivity index (χ2n) is 6.60. The summed E-state index contributed by atoms with van der Waals surface area (Å²) in [6.07, 6.45) is 3.03. The van der Waals surface area contributed by atoms with Crippen LogP contribution in [0.1, 0.15) is 32.0 Å². The molecular formula is C20H22N4O. The van der Waals surface area contributed by atoms with E-state index in [4.69, 9.17) is 9.72 Å². The first-order valence-corrected chi connectivity index (χ1v) is 8.69. The summed E-state index contributed by atoms with van der Waals surface area (Å²) in [5.41, 5.74) is 6.22. The van der Waals surface area contributed by atoms with Crippen LogP contribution in [0, 0.1) is 6.92 Å². The Bertz CT molecular complexity index is 1040. The molecule has 0 radical (unpaired) electrons. The highest BCUT2D eigenvalue weighted by Gasteiger charge is 2.17. The number of ether oxygens (including phenoxy) is 1. The standard InChI is InChI=1S/C20H22N4O/c1-5-13-10-21-20-17(13)19-16(12(4)22-20)18(23-24-19)14-6-8-15(9-7-14)25-11(2)3/h6-11,23-24H,5H2,1-4H3. The molecule has 0 spiro atoms. The van der Waals surface area contributed by atoms with Crippen molar-refractivity contribution < 1.29 is 4.74 Å². The van der Waals surface area contributed by atoms with Gasteiger partial charge in [-0.25, -0.2) is 9.97 Å². The summed E-state index contributed by atoms with van der Waals surface area (Å²) in [5.74, 6) is 0.879. The van der Waals surface area contributed by atoms with Crippen molar-refractivity contribution in [1.82, 2.24) is 20.2 Å². The van der Waals surface area contributed by atoms with Crippen molar-refractivity contribution in [2.75, 3.05) is 0 Å². The van der Waals surface area contributed by atoms with Crippen LogP contribution in [0.2, 0.25) is 0 Å². The molecule has 5 heteroatoms. The van der Waals surface area contributed by atoms with Gasteiger partial charge in [0.25, 0.3) is 0 Å². The number of pyridine rings is 1. The maximum Gasteiger partial charge on any atom is 0.161 e. The van der Waals surface area contributed by atoms with Crippen molar-refractivity contribution in [3.63, 3.8) is 0 Å². The van der Waals surface area contributed by atoms with Gasteiger partial charge in [0.15, 0.2) is 5.65 Å². The van der Waals surface area contributed by atoms with Gasteiger partial charge in [0.05, 0.1) is 23.0 Å². The molecule has 4 rings (SSSR count). The number of hydrogen-bond donors (Lipinski definition) is 2. The highest BCUT2D eigenvalue weighted by Crippen LogP contribution is 2.34. The van der Waals surface area contributed by atoms with Crippen molar-refractivity contribution in [2.45, 2.75) is 40.2 Å². The van der Waals surface area contributed by atoms with E-state index in [9.17, 15) is 0 Å². The van der Waals surface area contributed by atoms with Gasteiger partial charge in [0.1, 0.15) is 5.75 Å². The van der Waals surface area contributed by atoms with E-state index in [2.05, 4.69) is 34.2 Å². The number of aromatic nitrogens is 4. The molecule has 0 aliphatic heterocycles. The molecule has 0 atom stereocenters. The van der Waals surface area contributed by atoms with Crippen LogP contribution < -0.4 is 4.74 Å². The number of hydrogen-bond acceptors (Lipinski definition) is 3. The molecule has 128 valence electrons. The summed E-state index contributed by atoms with van der Waals surface area (Å²) in [6.45, 7) is 8.23. The summed E-state index contributed by atoms with van der Waals surface area (Å²) >= 11 is 0. The lowest BCUT2D eigenvalue weighted by molar-refractivity contribution is 0.242. The highest BCUT2D eigenvalue weighted by molar-refractivity contribution is 6.09. The van der Waals surface area contributed by atoms with Crippen LogP contribution in [0.25, 0.3) is 33.2 Å². The van der Waals surface area contributed by atoms with Crippen molar-refractivity contribution >= 4 is 21.9 Å². The number of fused-ring (bicyclic) bond motifs is 3. The van der Waals surface area contributed by atoms with E-state index in [1.165, 1.54) is 5.56 Å². The Kier molecular flexibility index (Phi) is 3.71. The highest BCUT2D eigenvalue weighted by atomic mass is 16.5. The quantitative estimate of drug-likeness (QED) is 0.565. The fourth-order valence-electron chi connectivity index (χ4n) is 3.36.